The summed E-state index contributed by atoms with van der Waals surface area (Å²) >= 11 is 5.75. The first-order valence-corrected chi connectivity index (χ1v) is 6.69. The molecule has 2 aromatic rings. The molecule has 110 valence electrons. The van der Waals surface area contributed by atoms with Crippen LogP contribution in [0.5, 0.6) is 11.5 Å². The van der Waals surface area contributed by atoms with Gasteiger partial charge in [0.25, 0.3) is 0 Å². The molecule has 0 heterocycles. The molecule has 0 aliphatic carbocycles. The van der Waals surface area contributed by atoms with Gasteiger partial charge in [0.05, 0.1) is 7.11 Å². The number of halogens is 2. The van der Waals surface area contributed by atoms with Crippen LogP contribution in [0.1, 0.15) is 5.56 Å². The second-order valence-electron chi connectivity index (χ2n) is 4.43. The first kappa shape index (κ1) is 15.3. The number of carbonyl (C=O) groups excluding carboxylic acids is 1. The van der Waals surface area contributed by atoms with Crippen molar-refractivity contribution in [2.24, 2.45) is 0 Å². The lowest BCUT2D eigenvalue weighted by Crippen LogP contribution is -2.14. The molecule has 0 radical (unpaired) electrons. The maximum Gasteiger partial charge on any atom is 0.174 e. The lowest BCUT2D eigenvalue weighted by atomic mass is 10.1. The van der Waals surface area contributed by atoms with Crippen LogP contribution >= 0.6 is 11.6 Å². The molecule has 21 heavy (non-hydrogen) atoms. The Kier molecular flexibility index (Phi) is 5.17. The molecule has 5 heteroatoms. The Morgan fingerprint density at radius 3 is 2.52 bits per heavy atom. The summed E-state index contributed by atoms with van der Waals surface area (Å²) in [5.74, 6) is 0.0909. The van der Waals surface area contributed by atoms with E-state index in [1.165, 1.54) is 19.2 Å². The predicted molar refractivity (Wildman–Crippen MR) is 78.6 cm³/mol. The number of benzene rings is 2. The van der Waals surface area contributed by atoms with E-state index in [9.17, 15) is 9.18 Å². The van der Waals surface area contributed by atoms with Crippen molar-refractivity contribution in [3.05, 3.63) is 58.9 Å². The van der Waals surface area contributed by atoms with E-state index in [0.717, 1.165) is 0 Å². The van der Waals surface area contributed by atoms with Gasteiger partial charge in [-0.1, -0.05) is 17.7 Å². The molecule has 0 N–H and O–H groups in total. The minimum absolute atomic E-state index is 0.0741. The van der Waals surface area contributed by atoms with Gasteiger partial charge in [-0.3, -0.25) is 4.79 Å². The van der Waals surface area contributed by atoms with E-state index in [0.29, 0.717) is 16.3 Å². The van der Waals surface area contributed by atoms with E-state index >= 15 is 0 Å². The Labute approximate surface area is 127 Å². The highest BCUT2D eigenvalue weighted by atomic mass is 35.5. The Morgan fingerprint density at radius 1 is 1.19 bits per heavy atom. The second kappa shape index (κ2) is 7.09. The van der Waals surface area contributed by atoms with Crippen molar-refractivity contribution in [3.8, 4) is 11.5 Å². The summed E-state index contributed by atoms with van der Waals surface area (Å²) in [6, 6.07) is 11.2. The van der Waals surface area contributed by atoms with Crippen molar-refractivity contribution >= 4 is 17.4 Å². The minimum Gasteiger partial charge on any atom is -0.494 e. The Balaban J connectivity index is 1.89. The third kappa shape index (κ3) is 4.46. The summed E-state index contributed by atoms with van der Waals surface area (Å²) in [7, 11) is 1.39. The molecule has 0 bridgehead atoms. The Hall–Kier alpha value is -2.07. The molecule has 0 fully saturated rings. The van der Waals surface area contributed by atoms with Crippen LogP contribution in [0, 0.1) is 5.82 Å². The van der Waals surface area contributed by atoms with Crippen LogP contribution in [0.4, 0.5) is 4.39 Å². The van der Waals surface area contributed by atoms with E-state index in [1.807, 2.05) is 0 Å². The maximum absolute atomic E-state index is 13.5. The van der Waals surface area contributed by atoms with Crippen LogP contribution in [0.3, 0.4) is 0 Å². The largest absolute Gasteiger partial charge is 0.494 e. The fraction of sp³-hybridized carbons (Fsp3) is 0.188. The van der Waals surface area contributed by atoms with Gasteiger partial charge in [0.2, 0.25) is 0 Å². The normalized spacial score (nSPS) is 10.2. The molecule has 0 atom stereocenters. The number of ether oxygens (including phenoxy) is 2. The smallest absolute Gasteiger partial charge is 0.174 e. The summed E-state index contributed by atoms with van der Waals surface area (Å²) in [5, 5.41) is 0.599. The number of ketones is 1. The van der Waals surface area contributed by atoms with Gasteiger partial charge in [0, 0.05) is 11.4 Å². The summed E-state index contributed by atoms with van der Waals surface area (Å²) in [6.45, 7) is -0.0741. The second-order valence-corrected chi connectivity index (χ2v) is 4.86. The molecule has 3 nitrogen and oxygen atoms in total. The van der Waals surface area contributed by atoms with E-state index in [2.05, 4.69) is 0 Å². The van der Waals surface area contributed by atoms with Crippen molar-refractivity contribution in [1.29, 1.82) is 0 Å². The zero-order valence-electron chi connectivity index (χ0n) is 11.4. The van der Waals surface area contributed by atoms with E-state index in [4.69, 9.17) is 21.1 Å². The quantitative estimate of drug-likeness (QED) is 0.816. The highest BCUT2D eigenvalue weighted by molar-refractivity contribution is 6.30. The molecule has 0 spiro atoms. The monoisotopic (exact) mass is 308 g/mol. The summed E-state index contributed by atoms with van der Waals surface area (Å²) in [6.07, 6.45) is 0.106. The van der Waals surface area contributed by atoms with Crippen LogP contribution in [0.2, 0.25) is 5.02 Å². The van der Waals surface area contributed by atoms with E-state index in [1.54, 1.807) is 30.3 Å². The lowest BCUT2D eigenvalue weighted by molar-refractivity contribution is -0.120. The van der Waals surface area contributed by atoms with Gasteiger partial charge in [-0.05, 0) is 42.0 Å². The summed E-state index contributed by atoms with van der Waals surface area (Å²) in [5.41, 5.74) is 0.581. The average molecular weight is 309 g/mol. The molecule has 0 saturated heterocycles. The molecule has 0 aromatic heterocycles. The fourth-order valence-corrected chi connectivity index (χ4v) is 1.92. The average Bonchev–Trinajstić information content (AvgIpc) is 2.47. The van der Waals surface area contributed by atoms with Gasteiger partial charge >= 0.3 is 0 Å². The molecular weight excluding hydrogens is 295 g/mol. The molecule has 0 saturated carbocycles. The van der Waals surface area contributed by atoms with Gasteiger partial charge in [-0.25, -0.2) is 4.39 Å². The van der Waals surface area contributed by atoms with Crippen LogP contribution in [-0.4, -0.2) is 19.5 Å². The van der Waals surface area contributed by atoms with Crippen molar-refractivity contribution in [2.75, 3.05) is 13.7 Å². The van der Waals surface area contributed by atoms with Gasteiger partial charge in [-0.2, -0.15) is 0 Å². The van der Waals surface area contributed by atoms with Gasteiger partial charge in [-0.15, -0.1) is 0 Å². The zero-order chi connectivity index (χ0) is 15.2. The number of Topliss-reactive ketones (excluding diaryl/α,β-unsaturated/α-hetero) is 1. The van der Waals surface area contributed by atoms with Crippen molar-refractivity contribution in [3.63, 3.8) is 0 Å². The minimum atomic E-state index is -0.485. The van der Waals surface area contributed by atoms with Crippen LogP contribution < -0.4 is 9.47 Å². The van der Waals surface area contributed by atoms with E-state index < -0.39 is 5.82 Å². The predicted octanol–water partition coefficient (Wildman–Crippen LogP) is 3.68. The summed E-state index contributed by atoms with van der Waals surface area (Å²) in [4.78, 5) is 11.8. The Morgan fingerprint density at radius 2 is 1.90 bits per heavy atom. The highest BCUT2D eigenvalue weighted by Crippen LogP contribution is 2.18. The third-order valence-corrected chi connectivity index (χ3v) is 3.08. The van der Waals surface area contributed by atoms with Crippen molar-refractivity contribution < 1.29 is 18.7 Å². The number of rotatable bonds is 6. The van der Waals surface area contributed by atoms with Crippen molar-refractivity contribution in [1.82, 2.24) is 0 Å². The summed E-state index contributed by atoms with van der Waals surface area (Å²) < 4.78 is 23.7. The lowest BCUT2D eigenvalue weighted by Gasteiger charge is -2.07. The van der Waals surface area contributed by atoms with Crippen molar-refractivity contribution in [2.45, 2.75) is 6.42 Å². The molecule has 0 aliphatic rings. The molecule has 0 unspecified atom stereocenters. The molecule has 0 amide bonds. The standard InChI is InChI=1S/C16H14ClFO3/c1-20-16-7-2-11(9-15(16)18)8-13(19)10-21-14-5-3-12(17)4-6-14/h2-7,9H,8,10H2,1H3. The number of carbonyl (C=O) groups is 1. The molecular formula is C16H14ClFO3. The third-order valence-electron chi connectivity index (χ3n) is 2.83. The van der Waals surface area contributed by atoms with Gasteiger partial charge in [0.1, 0.15) is 12.4 Å². The topological polar surface area (TPSA) is 35.5 Å². The van der Waals surface area contributed by atoms with Crippen LogP contribution in [0.15, 0.2) is 42.5 Å². The van der Waals surface area contributed by atoms with Crippen LogP contribution in [0.25, 0.3) is 0 Å². The molecule has 2 aromatic carbocycles. The maximum atomic E-state index is 13.5. The fourth-order valence-electron chi connectivity index (χ4n) is 1.79. The number of hydrogen-bond acceptors (Lipinski definition) is 3. The van der Waals surface area contributed by atoms with Crippen LogP contribution in [-0.2, 0) is 11.2 Å². The molecule has 0 aliphatic heterocycles. The first-order valence-electron chi connectivity index (χ1n) is 6.31. The number of methoxy groups -OCH3 is 1. The first-order chi connectivity index (χ1) is 10.1. The Bertz CT molecular complexity index is 626. The molecule has 2 rings (SSSR count). The van der Waals surface area contributed by atoms with Gasteiger partial charge in [0.15, 0.2) is 17.3 Å². The van der Waals surface area contributed by atoms with Gasteiger partial charge < -0.3 is 9.47 Å². The van der Waals surface area contributed by atoms with E-state index in [-0.39, 0.29) is 24.6 Å². The SMILES string of the molecule is COc1ccc(CC(=O)COc2ccc(Cl)cc2)cc1F. The zero-order valence-corrected chi connectivity index (χ0v) is 12.2. The highest BCUT2D eigenvalue weighted by Gasteiger charge is 2.08. The number of hydrogen-bond donors (Lipinski definition) is 0.